The van der Waals surface area contributed by atoms with Gasteiger partial charge in [0.1, 0.15) is 11.0 Å². The Balaban J connectivity index is 0.000000200. The first-order valence-electron chi connectivity index (χ1n) is 13.5. The standard InChI is InChI=1S/2C17H13N3O2.Cu/c2*1-11-4-6-13(7-5-11)19-20-15-9-12(10-21)17(22)16-14(15)3-2-8-18-16;/h2*2-10,22H,1H3;. The van der Waals surface area contributed by atoms with E-state index in [0.29, 0.717) is 57.1 Å². The van der Waals surface area contributed by atoms with Crippen molar-refractivity contribution in [1.29, 1.82) is 0 Å². The molecule has 0 unspecified atom stereocenters. The average Bonchev–Trinajstić information content (AvgIpc) is 3.06. The van der Waals surface area contributed by atoms with Gasteiger partial charge >= 0.3 is 0 Å². The number of azo groups is 2. The number of carbonyl (C=O) groups excluding carboxylic acids is 2. The summed E-state index contributed by atoms with van der Waals surface area (Å²) in [6.07, 6.45) is 4.26. The van der Waals surface area contributed by atoms with E-state index in [0.717, 1.165) is 11.1 Å². The van der Waals surface area contributed by atoms with Crippen molar-refractivity contribution in [2.45, 2.75) is 13.8 Å². The summed E-state index contributed by atoms with van der Waals surface area (Å²) in [6, 6.07) is 25.3. The van der Waals surface area contributed by atoms with Gasteiger partial charge < -0.3 is 10.2 Å². The Morgan fingerprint density at radius 2 is 0.956 bits per heavy atom. The number of carbonyl (C=O) groups is 2. The van der Waals surface area contributed by atoms with Crippen LogP contribution in [0.2, 0.25) is 0 Å². The summed E-state index contributed by atoms with van der Waals surface area (Å²) in [5.41, 5.74) is 5.64. The first-order valence-corrected chi connectivity index (χ1v) is 13.5. The Labute approximate surface area is 268 Å². The normalized spacial score (nSPS) is 10.9. The predicted molar refractivity (Wildman–Crippen MR) is 168 cm³/mol. The van der Waals surface area contributed by atoms with Crippen LogP contribution in [0.3, 0.4) is 0 Å². The number of phenols is 2. The SMILES string of the molecule is Cc1ccc(N=Nc2cc(C=O)c(O)c3ncccc23)cc1.Cc1ccc(N=Nc2cc(C=O)c(O)c3ncccc23)cc1.[Cu]. The van der Waals surface area contributed by atoms with E-state index in [1.165, 1.54) is 12.1 Å². The Hall–Kier alpha value is -5.64. The van der Waals surface area contributed by atoms with Crippen LogP contribution in [-0.4, -0.2) is 32.8 Å². The predicted octanol–water partition coefficient (Wildman–Crippen LogP) is 8.95. The zero-order valence-corrected chi connectivity index (χ0v) is 25.0. The first kappa shape index (κ1) is 32.3. The Morgan fingerprint density at radius 1 is 0.578 bits per heavy atom. The first-order chi connectivity index (χ1) is 21.4. The summed E-state index contributed by atoms with van der Waals surface area (Å²) in [4.78, 5) is 30.4. The molecule has 2 heterocycles. The van der Waals surface area contributed by atoms with Gasteiger partial charge in [-0.1, -0.05) is 35.4 Å². The van der Waals surface area contributed by atoms with Gasteiger partial charge in [-0.05, 0) is 74.5 Å². The van der Waals surface area contributed by atoms with E-state index in [2.05, 4.69) is 30.4 Å². The fourth-order valence-corrected chi connectivity index (χ4v) is 4.25. The summed E-state index contributed by atoms with van der Waals surface area (Å²) in [5.74, 6) is -0.278. The molecule has 0 saturated carbocycles. The van der Waals surface area contributed by atoms with Crippen molar-refractivity contribution in [2.75, 3.05) is 0 Å². The largest absolute Gasteiger partial charge is 0.505 e. The second-order valence-corrected chi connectivity index (χ2v) is 9.77. The fourth-order valence-electron chi connectivity index (χ4n) is 4.25. The molecule has 2 aromatic heterocycles. The van der Waals surface area contributed by atoms with Gasteiger partial charge in [-0.25, -0.2) is 0 Å². The van der Waals surface area contributed by atoms with Crippen molar-refractivity contribution in [3.63, 3.8) is 0 Å². The second-order valence-electron chi connectivity index (χ2n) is 9.77. The molecule has 0 saturated heterocycles. The fraction of sp³-hybridized carbons (Fsp3) is 0.0588. The number of nitrogens with zero attached hydrogens (tertiary/aromatic N) is 6. The number of aldehydes is 2. The molecule has 227 valence electrons. The van der Waals surface area contributed by atoms with Crippen LogP contribution in [0.25, 0.3) is 21.8 Å². The van der Waals surface area contributed by atoms with Crippen molar-refractivity contribution in [2.24, 2.45) is 20.5 Å². The maximum Gasteiger partial charge on any atom is 0.153 e. The van der Waals surface area contributed by atoms with Crippen LogP contribution in [0.4, 0.5) is 22.7 Å². The van der Waals surface area contributed by atoms with E-state index < -0.39 is 0 Å². The smallest absolute Gasteiger partial charge is 0.153 e. The zero-order chi connectivity index (χ0) is 31.1. The number of pyridine rings is 2. The van der Waals surface area contributed by atoms with Crippen molar-refractivity contribution in [3.05, 3.63) is 120 Å². The van der Waals surface area contributed by atoms with E-state index in [4.69, 9.17) is 0 Å². The Bertz CT molecular complexity index is 1900. The van der Waals surface area contributed by atoms with E-state index in [1.807, 2.05) is 62.4 Å². The van der Waals surface area contributed by atoms with Crippen molar-refractivity contribution < 1.29 is 36.9 Å². The molecular weight excluding hydrogens is 620 g/mol. The van der Waals surface area contributed by atoms with Crippen molar-refractivity contribution in [1.82, 2.24) is 9.97 Å². The number of aromatic nitrogens is 2. The molecular formula is C34H26CuN6O4. The molecule has 0 aliphatic rings. The van der Waals surface area contributed by atoms with Gasteiger partial charge in [-0.15, -0.1) is 10.2 Å². The van der Waals surface area contributed by atoms with Gasteiger partial charge in [0, 0.05) is 40.2 Å². The number of benzene rings is 4. The molecule has 0 aliphatic carbocycles. The quantitative estimate of drug-likeness (QED) is 0.105. The third-order valence-electron chi connectivity index (χ3n) is 6.62. The summed E-state index contributed by atoms with van der Waals surface area (Å²) in [6.45, 7) is 3.99. The maximum absolute atomic E-state index is 11.1. The maximum atomic E-state index is 11.1. The molecule has 0 bridgehead atoms. The van der Waals surface area contributed by atoms with Gasteiger partial charge in [0.15, 0.2) is 24.1 Å². The van der Waals surface area contributed by atoms with Crippen LogP contribution in [-0.2, 0) is 17.1 Å². The molecule has 0 amide bonds. The molecule has 0 atom stereocenters. The molecule has 10 nitrogen and oxygen atoms in total. The van der Waals surface area contributed by atoms with Gasteiger partial charge in [-0.3, -0.25) is 19.6 Å². The molecule has 0 spiro atoms. The minimum atomic E-state index is -0.139. The van der Waals surface area contributed by atoms with Crippen molar-refractivity contribution in [3.8, 4) is 11.5 Å². The summed E-state index contributed by atoms with van der Waals surface area (Å²) in [7, 11) is 0. The van der Waals surface area contributed by atoms with Crippen molar-refractivity contribution >= 4 is 57.1 Å². The number of hydrogen-bond acceptors (Lipinski definition) is 10. The molecule has 11 heteroatoms. The molecule has 4 aromatic carbocycles. The van der Waals surface area contributed by atoms with Gasteiger partial charge in [0.05, 0.1) is 33.9 Å². The van der Waals surface area contributed by atoms with Gasteiger partial charge in [0.25, 0.3) is 0 Å². The van der Waals surface area contributed by atoms with Gasteiger partial charge in [-0.2, -0.15) is 10.2 Å². The number of phenolic OH excluding ortho intramolecular Hbond substituents is 2. The van der Waals surface area contributed by atoms with Crippen LogP contribution in [0.1, 0.15) is 31.8 Å². The van der Waals surface area contributed by atoms with E-state index in [1.54, 1.807) is 36.7 Å². The molecule has 6 rings (SSSR count). The molecule has 1 radical (unpaired) electrons. The van der Waals surface area contributed by atoms with Crippen LogP contribution in [0, 0.1) is 13.8 Å². The number of hydrogen-bond donors (Lipinski definition) is 2. The minimum Gasteiger partial charge on any atom is -0.505 e. The number of aromatic hydroxyl groups is 2. The zero-order valence-electron chi connectivity index (χ0n) is 24.1. The van der Waals surface area contributed by atoms with Crippen LogP contribution in [0.15, 0.2) is 118 Å². The van der Waals surface area contributed by atoms with Crippen LogP contribution in [0.5, 0.6) is 11.5 Å². The molecule has 0 aliphatic heterocycles. The molecule has 2 N–H and O–H groups in total. The summed E-state index contributed by atoms with van der Waals surface area (Å²) in [5, 5.41) is 38.1. The number of aryl methyl sites for hydroxylation is 2. The van der Waals surface area contributed by atoms with Crippen LogP contribution >= 0.6 is 0 Å². The minimum absolute atomic E-state index is 0. The number of rotatable bonds is 6. The summed E-state index contributed by atoms with van der Waals surface area (Å²) < 4.78 is 0. The van der Waals surface area contributed by atoms with Crippen LogP contribution < -0.4 is 0 Å². The average molecular weight is 646 g/mol. The van der Waals surface area contributed by atoms with E-state index in [-0.39, 0.29) is 39.7 Å². The third-order valence-corrected chi connectivity index (χ3v) is 6.62. The monoisotopic (exact) mass is 645 g/mol. The molecule has 6 aromatic rings. The van der Waals surface area contributed by atoms with E-state index in [9.17, 15) is 19.8 Å². The molecule has 45 heavy (non-hydrogen) atoms. The Kier molecular flexibility index (Phi) is 10.5. The summed E-state index contributed by atoms with van der Waals surface area (Å²) >= 11 is 0. The van der Waals surface area contributed by atoms with E-state index >= 15 is 0 Å². The third kappa shape index (κ3) is 7.48. The van der Waals surface area contributed by atoms with Gasteiger partial charge in [0.2, 0.25) is 0 Å². The molecule has 0 fully saturated rings. The Morgan fingerprint density at radius 3 is 1.31 bits per heavy atom. The topological polar surface area (TPSA) is 150 Å². The number of fused-ring (bicyclic) bond motifs is 2. The second kappa shape index (κ2) is 14.7.